The number of ether oxygens (including phenoxy) is 1. The van der Waals surface area contributed by atoms with Gasteiger partial charge < -0.3 is 20.1 Å². The molecule has 4 heterocycles. The number of rotatable bonds is 2. The maximum absolute atomic E-state index is 10.7. The maximum atomic E-state index is 10.7. The maximum Gasteiger partial charge on any atom is 0.225 e. The van der Waals surface area contributed by atoms with E-state index in [2.05, 4.69) is 32.3 Å². The van der Waals surface area contributed by atoms with Gasteiger partial charge in [0.05, 0.1) is 0 Å². The summed E-state index contributed by atoms with van der Waals surface area (Å²) in [4.78, 5) is 13.2. The van der Waals surface area contributed by atoms with Crippen molar-refractivity contribution in [3.63, 3.8) is 0 Å². The van der Waals surface area contributed by atoms with Crippen molar-refractivity contribution in [1.29, 1.82) is 0 Å². The number of hydrogen-bond acceptors (Lipinski definition) is 7. The van der Waals surface area contributed by atoms with Gasteiger partial charge in [0.1, 0.15) is 16.4 Å². The molecule has 2 aliphatic rings. The summed E-state index contributed by atoms with van der Waals surface area (Å²) < 4.78 is 5.90. The fourth-order valence-corrected chi connectivity index (χ4v) is 4.98. The largest absolute Gasteiger partial charge is 0.460 e. The summed E-state index contributed by atoms with van der Waals surface area (Å²) in [7, 11) is 0. The minimum absolute atomic E-state index is 0.722. The second-order valence-corrected chi connectivity index (χ2v) is 8.25. The number of nitrogens with one attached hydrogen (secondary N) is 1. The Hall–Kier alpha value is -2.48. The smallest absolute Gasteiger partial charge is 0.225 e. The molecule has 1 saturated heterocycles. The van der Waals surface area contributed by atoms with Crippen molar-refractivity contribution < 1.29 is 9.84 Å². The van der Waals surface area contributed by atoms with Crippen molar-refractivity contribution in [2.75, 3.05) is 31.1 Å². The standard InChI is InChI=1S/C21H22N4O2S/c1-12-16-11-19(28-20(16)24-13(2)23-12)17-9-14-3-4-15(10-18(14)27-21(17)26)25-7-5-22-6-8-25/h3-4,9-11,21-22,26H,5-8H2,1-2H3. The Morgan fingerprint density at radius 3 is 2.82 bits per heavy atom. The molecule has 2 N–H and O–H groups in total. The van der Waals surface area contributed by atoms with Gasteiger partial charge in [-0.3, -0.25) is 0 Å². The van der Waals surface area contributed by atoms with E-state index in [4.69, 9.17) is 4.74 Å². The van der Waals surface area contributed by atoms with Gasteiger partial charge in [0.2, 0.25) is 6.29 Å². The highest BCUT2D eigenvalue weighted by Gasteiger charge is 2.25. The molecule has 1 atom stereocenters. The summed E-state index contributed by atoms with van der Waals surface area (Å²) in [5.41, 5.74) is 3.84. The molecular formula is C21H22N4O2S. The second kappa shape index (κ2) is 6.84. The number of hydrogen-bond donors (Lipinski definition) is 2. The van der Waals surface area contributed by atoms with Crippen LogP contribution in [0.1, 0.15) is 22.0 Å². The summed E-state index contributed by atoms with van der Waals surface area (Å²) in [6.45, 7) is 7.81. The number of aliphatic hydroxyl groups is 1. The van der Waals surface area contributed by atoms with Crippen LogP contribution in [-0.4, -0.2) is 47.5 Å². The normalized spacial score (nSPS) is 19.3. The topological polar surface area (TPSA) is 70.5 Å². The average Bonchev–Trinajstić information content (AvgIpc) is 3.12. The monoisotopic (exact) mass is 394 g/mol. The Morgan fingerprint density at radius 1 is 1.18 bits per heavy atom. The van der Waals surface area contributed by atoms with E-state index in [1.54, 1.807) is 11.3 Å². The third-order valence-electron chi connectivity index (χ3n) is 5.27. The van der Waals surface area contributed by atoms with Crippen LogP contribution in [-0.2, 0) is 0 Å². The molecule has 0 radical (unpaired) electrons. The lowest BCUT2D eigenvalue weighted by Crippen LogP contribution is -2.43. The van der Waals surface area contributed by atoms with Crippen LogP contribution in [0.2, 0.25) is 0 Å². The number of fused-ring (bicyclic) bond motifs is 2. The molecular weight excluding hydrogens is 372 g/mol. The molecule has 1 fully saturated rings. The highest BCUT2D eigenvalue weighted by atomic mass is 32.1. The van der Waals surface area contributed by atoms with Gasteiger partial charge in [-0.05, 0) is 38.1 Å². The van der Waals surface area contributed by atoms with E-state index in [1.165, 1.54) is 0 Å². The lowest BCUT2D eigenvalue weighted by molar-refractivity contribution is 0.0322. The molecule has 0 aliphatic carbocycles. The van der Waals surface area contributed by atoms with Crippen LogP contribution in [0.15, 0.2) is 24.3 Å². The number of anilines is 1. The minimum atomic E-state index is -0.992. The first-order valence-electron chi connectivity index (χ1n) is 9.50. The Balaban J connectivity index is 1.52. The molecule has 0 saturated carbocycles. The van der Waals surface area contributed by atoms with Crippen molar-refractivity contribution in [3.05, 3.63) is 46.2 Å². The first-order valence-corrected chi connectivity index (χ1v) is 10.3. The van der Waals surface area contributed by atoms with Crippen molar-refractivity contribution in [3.8, 4) is 5.75 Å². The van der Waals surface area contributed by atoms with Gasteiger partial charge in [-0.25, -0.2) is 9.97 Å². The number of thiophene rings is 1. The molecule has 1 unspecified atom stereocenters. The second-order valence-electron chi connectivity index (χ2n) is 7.21. The molecule has 0 bridgehead atoms. The third-order valence-corrected chi connectivity index (χ3v) is 6.35. The van der Waals surface area contributed by atoms with E-state index in [9.17, 15) is 5.11 Å². The van der Waals surface area contributed by atoms with Gasteiger partial charge in [0.15, 0.2) is 0 Å². The zero-order valence-electron chi connectivity index (χ0n) is 15.9. The SMILES string of the molecule is Cc1nc(C)c2cc(C3=Cc4ccc(N5CCNCC5)cc4OC3O)sc2n1. The molecule has 5 rings (SSSR count). The number of aliphatic hydroxyl groups excluding tert-OH is 1. The molecule has 144 valence electrons. The molecule has 6 nitrogen and oxygen atoms in total. The van der Waals surface area contributed by atoms with Crippen LogP contribution in [0.4, 0.5) is 5.69 Å². The lowest BCUT2D eigenvalue weighted by atomic mass is 10.0. The number of nitrogens with zero attached hydrogens (tertiary/aromatic N) is 3. The van der Waals surface area contributed by atoms with E-state index in [1.807, 2.05) is 32.1 Å². The molecule has 3 aromatic rings. The highest BCUT2D eigenvalue weighted by Crippen LogP contribution is 2.39. The molecule has 0 amide bonds. The van der Waals surface area contributed by atoms with Crippen LogP contribution < -0.4 is 15.0 Å². The number of piperazine rings is 1. The van der Waals surface area contributed by atoms with E-state index in [0.717, 1.165) is 75.4 Å². The van der Waals surface area contributed by atoms with Crippen molar-refractivity contribution in [1.82, 2.24) is 15.3 Å². The molecule has 2 aromatic heterocycles. The van der Waals surface area contributed by atoms with E-state index < -0.39 is 6.29 Å². The van der Waals surface area contributed by atoms with Crippen molar-refractivity contribution in [2.24, 2.45) is 0 Å². The molecule has 28 heavy (non-hydrogen) atoms. The fourth-order valence-electron chi connectivity index (χ4n) is 3.82. The van der Waals surface area contributed by atoms with Crippen LogP contribution >= 0.6 is 11.3 Å². The van der Waals surface area contributed by atoms with E-state index in [-0.39, 0.29) is 0 Å². The van der Waals surface area contributed by atoms with Crippen LogP contribution in [0.3, 0.4) is 0 Å². The number of aryl methyl sites for hydroxylation is 2. The van der Waals surface area contributed by atoms with Crippen LogP contribution in [0, 0.1) is 13.8 Å². The summed E-state index contributed by atoms with van der Waals surface area (Å²) in [6.07, 6.45) is 1.03. The number of aromatic nitrogens is 2. The Morgan fingerprint density at radius 2 is 2.00 bits per heavy atom. The minimum Gasteiger partial charge on any atom is -0.460 e. The Kier molecular flexibility index (Phi) is 4.30. The molecule has 7 heteroatoms. The van der Waals surface area contributed by atoms with Crippen LogP contribution in [0.5, 0.6) is 5.75 Å². The van der Waals surface area contributed by atoms with Gasteiger partial charge in [-0.1, -0.05) is 0 Å². The van der Waals surface area contributed by atoms with E-state index >= 15 is 0 Å². The predicted molar refractivity (Wildman–Crippen MR) is 113 cm³/mol. The molecule has 1 aromatic carbocycles. The summed E-state index contributed by atoms with van der Waals surface area (Å²) in [6, 6.07) is 8.28. The van der Waals surface area contributed by atoms with Crippen molar-refractivity contribution in [2.45, 2.75) is 20.1 Å². The van der Waals surface area contributed by atoms with E-state index in [0.29, 0.717) is 0 Å². The predicted octanol–water partition coefficient (Wildman–Crippen LogP) is 2.97. The van der Waals surface area contributed by atoms with Gasteiger partial charge in [-0.15, -0.1) is 11.3 Å². The zero-order valence-corrected chi connectivity index (χ0v) is 16.7. The number of benzene rings is 1. The fraction of sp³-hybridized carbons (Fsp3) is 0.333. The van der Waals surface area contributed by atoms with Gasteiger partial charge >= 0.3 is 0 Å². The van der Waals surface area contributed by atoms with Gasteiger partial charge in [-0.2, -0.15) is 0 Å². The zero-order chi connectivity index (χ0) is 19.3. The van der Waals surface area contributed by atoms with Gasteiger partial charge in [0.25, 0.3) is 0 Å². The summed E-state index contributed by atoms with van der Waals surface area (Å²) >= 11 is 1.56. The Bertz CT molecular complexity index is 1090. The first kappa shape index (κ1) is 17.6. The Labute approximate surface area is 167 Å². The van der Waals surface area contributed by atoms with Crippen molar-refractivity contribution >= 4 is 38.9 Å². The third kappa shape index (κ3) is 3.05. The first-order chi connectivity index (χ1) is 13.6. The van der Waals surface area contributed by atoms with Crippen LogP contribution in [0.25, 0.3) is 21.9 Å². The highest BCUT2D eigenvalue weighted by molar-refractivity contribution is 7.19. The molecule has 2 aliphatic heterocycles. The lowest BCUT2D eigenvalue weighted by Gasteiger charge is -2.31. The summed E-state index contributed by atoms with van der Waals surface area (Å²) in [5, 5.41) is 15.1. The molecule has 0 spiro atoms. The average molecular weight is 395 g/mol. The quantitative estimate of drug-likeness (QED) is 0.696. The van der Waals surface area contributed by atoms with Gasteiger partial charge in [0, 0.05) is 65.0 Å². The summed E-state index contributed by atoms with van der Waals surface area (Å²) in [5.74, 6) is 1.49.